The third kappa shape index (κ3) is 3.76. The Morgan fingerprint density at radius 1 is 1.53 bits per heavy atom. The average molecular weight is 288 g/mol. The normalized spacial score (nSPS) is 13.5. The van der Waals surface area contributed by atoms with Gasteiger partial charge in [-0.1, -0.05) is 0 Å². The van der Waals surface area contributed by atoms with Crippen LogP contribution in [0.4, 0.5) is 13.2 Å². The van der Waals surface area contributed by atoms with Crippen LogP contribution < -0.4 is 0 Å². The number of nitrogens with zero attached hydrogens (tertiary/aromatic N) is 1. The Morgan fingerprint density at radius 2 is 2.12 bits per heavy atom. The molecule has 1 aromatic rings. The second kappa shape index (κ2) is 5.11. The first-order valence-electron chi connectivity index (χ1n) is 4.05. The molecule has 17 heavy (non-hydrogen) atoms. The van der Waals surface area contributed by atoms with Gasteiger partial charge in [0.15, 0.2) is 11.1 Å². The van der Waals surface area contributed by atoms with Gasteiger partial charge in [0.2, 0.25) is 0 Å². The number of carbonyl (C=O) groups is 1. The van der Waals surface area contributed by atoms with Gasteiger partial charge >= 0.3 is 6.18 Å². The summed E-state index contributed by atoms with van der Waals surface area (Å²) in [4.78, 5) is 14.1. The van der Waals surface area contributed by atoms with E-state index in [2.05, 4.69) is 4.98 Å². The lowest BCUT2D eigenvalue weighted by molar-refractivity contribution is -0.137. The molecule has 1 unspecified atom stereocenters. The highest BCUT2D eigenvalue weighted by Gasteiger charge is 2.32. The fourth-order valence-electron chi connectivity index (χ4n) is 1.09. The summed E-state index contributed by atoms with van der Waals surface area (Å²) in [6.07, 6.45) is -4.20. The summed E-state index contributed by atoms with van der Waals surface area (Å²) >= 11 is 2.70. The summed E-state index contributed by atoms with van der Waals surface area (Å²) in [7, 11) is 0. The van der Waals surface area contributed by atoms with Gasteiger partial charge in [0.1, 0.15) is 5.69 Å². The van der Waals surface area contributed by atoms with E-state index in [-0.39, 0.29) is 5.56 Å². The number of hydrogen-bond donors (Lipinski definition) is 1. The molecule has 0 spiro atoms. The Balaban J connectivity index is 3.29. The van der Waals surface area contributed by atoms with Crippen molar-refractivity contribution in [2.75, 3.05) is 0 Å². The van der Waals surface area contributed by atoms with E-state index in [1.165, 1.54) is 0 Å². The molecule has 0 aliphatic carbocycles. The second-order valence-corrected chi connectivity index (χ2v) is 4.24. The molecule has 0 fully saturated rings. The molecule has 0 aliphatic heterocycles. The van der Waals surface area contributed by atoms with E-state index >= 15 is 0 Å². The van der Waals surface area contributed by atoms with Crippen LogP contribution in [0, 0.1) is 0 Å². The lowest BCUT2D eigenvalue weighted by Gasteiger charge is -2.09. The van der Waals surface area contributed by atoms with Crippen LogP contribution in [0.5, 0.6) is 0 Å². The van der Waals surface area contributed by atoms with Crippen LogP contribution in [0.15, 0.2) is 12.3 Å². The van der Waals surface area contributed by atoms with Gasteiger partial charge in [-0.15, -0.1) is 0 Å². The molecule has 1 atom stereocenters. The number of carbonyl (C=O) groups excluding carboxylic acids is 1. The van der Waals surface area contributed by atoms with Crippen molar-refractivity contribution in [1.82, 2.24) is 4.98 Å². The lowest BCUT2D eigenvalue weighted by Crippen LogP contribution is -2.11. The zero-order valence-electron chi connectivity index (χ0n) is 7.99. The van der Waals surface area contributed by atoms with Crippen molar-refractivity contribution >= 4 is 27.9 Å². The summed E-state index contributed by atoms with van der Waals surface area (Å²) in [5, 5.41) is -1.08. The van der Waals surface area contributed by atoms with Crippen LogP contribution in [-0.4, -0.2) is 19.0 Å². The van der Waals surface area contributed by atoms with E-state index in [9.17, 15) is 22.2 Å². The minimum Gasteiger partial charge on any atom is -0.306 e. The van der Waals surface area contributed by atoms with Crippen LogP contribution in [0.3, 0.4) is 0 Å². The van der Waals surface area contributed by atoms with Gasteiger partial charge in [-0.05, 0) is 23.2 Å². The van der Waals surface area contributed by atoms with Crippen molar-refractivity contribution in [2.24, 2.45) is 0 Å². The van der Waals surface area contributed by atoms with Crippen molar-refractivity contribution in [3.63, 3.8) is 0 Å². The Morgan fingerprint density at radius 3 is 2.53 bits per heavy atom. The van der Waals surface area contributed by atoms with Crippen LogP contribution in [-0.2, 0) is 23.0 Å². The van der Waals surface area contributed by atoms with E-state index in [0.29, 0.717) is 12.3 Å². The largest absolute Gasteiger partial charge is 0.417 e. The summed E-state index contributed by atoms with van der Waals surface area (Å²) in [5.74, 6) is -0.648. The molecule has 0 saturated heterocycles. The van der Waals surface area contributed by atoms with Crippen LogP contribution in [0.2, 0.25) is 0 Å². The number of rotatable bonds is 3. The molecule has 0 bridgehead atoms. The second-order valence-electron chi connectivity index (χ2n) is 2.97. The fraction of sp³-hybridized carbons (Fsp3) is 0.250. The molecule has 0 saturated carbocycles. The predicted molar refractivity (Wildman–Crippen MR) is 53.9 cm³/mol. The summed E-state index contributed by atoms with van der Waals surface area (Å²) < 4.78 is 56.2. The first-order valence-corrected chi connectivity index (χ1v) is 5.70. The Kier molecular flexibility index (Phi) is 4.23. The first-order chi connectivity index (χ1) is 7.71. The number of hydrogen-bond acceptors (Lipinski definition) is 3. The zero-order valence-corrected chi connectivity index (χ0v) is 9.57. The van der Waals surface area contributed by atoms with Crippen molar-refractivity contribution in [3.05, 3.63) is 29.1 Å². The fourth-order valence-corrected chi connectivity index (χ4v) is 1.74. The minimum absolute atomic E-state index is 0.319. The maximum Gasteiger partial charge on any atom is 0.417 e. The standard InChI is InChI=1S/C8H5ClF3NO3S/c9-7(14)6-4(3-17(15)16)1-5(2-13-6)8(10,11)12/h1-2H,3H2,(H,15,16). The Bertz CT molecular complexity index is 478. The molecule has 94 valence electrons. The van der Waals surface area contributed by atoms with E-state index in [1.807, 2.05) is 0 Å². The van der Waals surface area contributed by atoms with Gasteiger partial charge in [-0.2, -0.15) is 13.2 Å². The van der Waals surface area contributed by atoms with Gasteiger partial charge < -0.3 is 4.55 Å². The predicted octanol–water partition coefficient (Wildman–Crippen LogP) is 2.20. The Hall–Kier alpha value is -0.990. The number of alkyl halides is 3. The molecule has 9 heteroatoms. The van der Waals surface area contributed by atoms with Crippen molar-refractivity contribution in [2.45, 2.75) is 11.9 Å². The topological polar surface area (TPSA) is 67.3 Å². The van der Waals surface area contributed by atoms with Crippen LogP contribution in [0.25, 0.3) is 0 Å². The van der Waals surface area contributed by atoms with Gasteiger partial charge in [0.25, 0.3) is 5.24 Å². The van der Waals surface area contributed by atoms with Crippen molar-refractivity contribution in [1.29, 1.82) is 0 Å². The molecule has 4 nitrogen and oxygen atoms in total. The van der Waals surface area contributed by atoms with Gasteiger partial charge in [0, 0.05) is 6.20 Å². The highest BCUT2D eigenvalue weighted by Crippen LogP contribution is 2.30. The average Bonchev–Trinajstić information content (AvgIpc) is 2.14. The molecule has 1 N–H and O–H groups in total. The lowest BCUT2D eigenvalue weighted by atomic mass is 10.1. The molecule has 0 aliphatic rings. The highest BCUT2D eigenvalue weighted by atomic mass is 35.5. The Labute approximate surface area is 101 Å². The maximum absolute atomic E-state index is 12.3. The van der Waals surface area contributed by atoms with Gasteiger partial charge in [-0.3, -0.25) is 9.78 Å². The molecule has 0 aromatic carbocycles. The van der Waals surface area contributed by atoms with E-state index in [0.717, 1.165) is 0 Å². The first kappa shape index (κ1) is 14.1. The number of aromatic nitrogens is 1. The van der Waals surface area contributed by atoms with E-state index in [4.69, 9.17) is 16.2 Å². The van der Waals surface area contributed by atoms with Gasteiger partial charge in [0.05, 0.1) is 11.3 Å². The molecular weight excluding hydrogens is 283 g/mol. The molecule has 0 radical (unpaired) electrons. The monoisotopic (exact) mass is 287 g/mol. The molecule has 0 amide bonds. The summed E-state index contributed by atoms with van der Waals surface area (Å²) in [6.45, 7) is 0. The van der Waals surface area contributed by atoms with Crippen LogP contribution in [0.1, 0.15) is 21.6 Å². The molecule has 1 rings (SSSR count). The third-order valence-corrected chi connectivity index (χ3v) is 2.50. The quantitative estimate of drug-likeness (QED) is 0.683. The summed E-state index contributed by atoms with van der Waals surface area (Å²) in [6, 6.07) is 0.580. The van der Waals surface area contributed by atoms with E-state index < -0.39 is 39.5 Å². The SMILES string of the molecule is O=C(Cl)c1ncc(C(F)(F)F)cc1CS(=O)O. The van der Waals surface area contributed by atoms with E-state index in [1.54, 1.807) is 0 Å². The minimum atomic E-state index is -4.65. The van der Waals surface area contributed by atoms with Crippen molar-refractivity contribution in [3.8, 4) is 0 Å². The van der Waals surface area contributed by atoms with Crippen LogP contribution >= 0.6 is 11.6 Å². The molecule has 1 aromatic heterocycles. The molecular formula is C8H5ClF3NO3S. The number of pyridine rings is 1. The number of halogens is 4. The van der Waals surface area contributed by atoms with Gasteiger partial charge in [-0.25, -0.2) is 4.21 Å². The highest BCUT2D eigenvalue weighted by molar-refractivity contribution is 7.78. The smallest absolute Gasteiger partial charge is 0.306 e. The summed E-state index contributed by atoms with van der Waals surface area (Å²) in [5.41, 5.74) is -1.89. The van der Waals surface area contributed by atoms with Crippen molar-refractivity contribution < 1.29 is 26.7 Å². The zero-order chi connectivity index (χ0) is 13.2. The maximum atomic E-state index is 12.3. The third-order valence-electron chi connectivity index (χ3n) is 1.76. The molecule has 1 heterocycles.